The highest BCUT2D eigenvalue weighted by Gasteiger charge is 2.47. The fraction of sp³-hybridized carbons (Fsp3) is 0.565. The quantitative estimate of drug-likeness (QED) is 0.794. The van der Waals surface area contributed by atoms with Crippen LogP contribution < -0.4 is 5.32 Å². The molecule has 2 aromatic heterocycles. The third kappa shape index (κ3) is 2.97. The number of rotatable bonds is 4. The van der Waals surface area contributed by atoms with Crippen molar-refractivity contribution in [3.63, 3.8) is 0 Å². The molecule has 154 valence electrons. The number of hydrogen-bond donors (Lipinski definition) is 1. The van der Waals surface area contributed by atoms with E-state index in [-0.39, 0.29) is 23.9 Å². The molecule has 7 heteroatoms. The number of fused-ring (bicyclic) bond motifs is 3. The van der Waals surface area contributed by atoms with Crippen molar-refractivity contribution >= 4 is 5.91 Å². The monoisotopic (exact) mass is 402 g/mol. The van der Waals surface area contributed by atoms with Gasteiger partial charge in [0.2, 0.25) is 5.91 Å². The Labute approximate surface area is 176 Å². The standard InChI is InChI=1S/C23H26N6O/c24-13-28-17-7-9-21(28)20(11-17)26-23(30)15-6-8-19-16(10-15)12-29(27-19)22-3-1-2-18(25-22)14-4-5-14/h1-3,12,14-15,17,20-21H,4-11H2,(H,26,30)/t15-,17-,20+,21+/m0/s1. The summed E-state index contributed by atoms with van der Waals surface area (Å²) in [5.41, 5.74) is 3.41. The number of carbonyl (C=O) groups excluding carboxylic acids is 1. The summed E-state index contributed by atoms with van der Waals surface area (Å²) in [4.78, 5) is 19.7. The average Bonchev–Trinajstić information content (AvgIpc) is 3.30. The summed E-state index contributed by atoms with van der Waals surface area (Å²) in [6.07, 6.45) is 12.2. The lowest BCUT2D eigenvalue weighted by Gasteiger charge is -2.26. The number of hydrogen-bond acceptors (Lipinski definition) is 5. The average molecular weight is 403 g/mol. The summed E-state index contributed by atoms with van der Waals surface area (Å²) in [6.45, 7) is 0. The van der Waals surface area contributed by atoms with E-state index in [2.05, 4.69) is 29.8 Å². The van der Waals surface area contributed by atoms with Gasteiger partial charge < -0.3 is 10.2 Å². The molecule has 6 rings (SSSR count). The molecule has 0 aromatic carbocycles. The van der Waals surface area contributed by atoms with E-state index in [0.29, 0.717) is 12.0 Å². The van der Waals surface area contributed by atoms with Crippen molar-refractivity contribution in [2.45, 2.75) is 75.4 Å². The predicted octanol–water partition coefficient (Wildman–Crippen LogP) is 2.45. The first-order valence-electron chi connectivity index (χ1n) is 11.2. The van der Waals surface area contributed by atoms with Crippen molar-refractivity contribution in [3.8, 4) is 12.0 Å². The van der Waals surface area contributed by atoms with Gasteiger partial charge >= 0.3 is 0 Å². The number of aryl methyl sites for hydroxylation is 1. The highest BCUT2D eigenvalue weighted by atomic mass is 16.2. The number of carbonyl (C=O) groups is 1. The van der Waals surface area contributed by atoms with Crippen LogP contribution in [0.4, 0.5) is 0 Å². The molecule has 4 heterocycles. The summed E-state index contributed by atoms with van der Waals surface area (Å²) in [6, 6.07) is 6.80. The van der Waals surface area contributed by atoms with E-state index in [9.17, 15) is 10.1 Å². The SMILES string of the molecule is N#CN1[C@H]2CC[C@@H]1[C@H](NC(=O)[C@H]1CCc3nn(-c4cccc(C5CC5)n4)cc3C1)C2. The molecule has 3 fully saturated rings. The van der Waals surface area contributed by atoms with Crippen LogP contribution in [0.25, 0.3) is 5.82 Å². The van der Waals surface area contributed by atoms with E-state index in [1.807, 2.05) is 15.6 Å². The minimum Gasteiger partial charge on any atom is -0.351 e. The Hall–Kier alpha value is -2.88. The molecule has 0 unspecified atom stereocenters. The van der Waals surface area contributed by atoms with E-state index in [1.165, 1.54) is 12.8 Å². The molecular weight excluding hydrogens is 376 g/mol. The molecule has 7 nitrogen and oxygen atoms in total. The zero-order valence-electron chi connectivity index (χ0n) is 17.0. The Kier molecular flexibility index (Phi) is 4.08. The molecule has 2 aliphatic carbocycles. The zero-order valence-corrected chi connectivity index (χ0v) is 17.0. The van der Waals surface area contributed by atoms with Crippen LogP contribution in [0.15, 0.2) is 24.4 Å². The highest BCUT2D eigenvalue weighted by Crippen LogP contribution is 2.39. The molecule has 30 heavy (non-hydrogen) atoms. The van der Waals surface area contributed by atoms with Crippen molar-refractivity contribution in [2.24, 2.45) is 5.92 Å². The summed E-state index contributed by atoms with van der Waals surface area (Å²) < 4.78 is 1.89. The summed E-state index contributed by atoms with van der Waals surface area (Å²) >= 11 is 0. The van der Waals surface area contributed by atoms with Crippen LogP contribution in [-0.2, 0) is 17.6 Å². The Balaban J connectivity index is 1.15. The molecule has 2 aromatic rings. The van der Waals surface area contributed by atoms with Crippen LogP contribution in [0, 0.1) is 17.4 Å². The topological polar surface area (TPSA) is 86.8 Å². The number of nitrogens with one attached hydrogen (secondary N) is 1. The normalized spacial score (nSPS) is 29.5. The molecule has 2 aliphatic heterocycles. The number of aromatic nitrogens is 3. The van der Waals surface area contributed by atoms with Crippen LogP contribution in [0.5, 0.6) is 0 Å². The highest BCUT2D eigenvalue weighted by molar-refractivity contribution is 5.79. The lowest BCUT2D eigenvalue weighted by molar-refractivity contribution is -0.126. The van der Waals surface area contributed by atoms with Crippen molar-refractivity contribution in [3.05, 3.63) is 41.3 Å². The Morgan fingerprint density at radius 2 is 2.10 bits per heavy atom. The van der Waals surface area contributed by atoms with Crippen molar-refractivity contribution in [1.82, 2.24) is 25.0 Å². The second-order valence-corrected chi connectivity index (χ2v) is 9.34. The van der Waals surface area contributed by atoms with Gasteiger partial charge in [0, 0.05) is 29.8 Å². The Morgan fingerprint density at radius 3 is 2.90 bits per heavy atom. The minimum absolute atomic E-state index is 0.0180. The van der Waals surface area contributed by atoms with Crippen LogP contribution >= 0.6 is 0 Å². The summed E-state index contributed by atoms with van der Waals surface area (Å²) in [5.74, 6) is 1.60. The molecule has 4 atom stereocenters. The van der Waals surface area contributed by atoms with Gasteiger partial charge in [0.15, 0.2) is 12.0 Å². The smallest absolute Gasteiger partial charge is 0.223 e. The van der Waals surface area contributed by atoms with E-state index in [0.717, 1.165) is 61.3 Å². The van der Waals surface area contributed by atoms with Crippen molar-refractivity contribution in [2.75, 3.05) is 0 Å². The third-order valence-electron chi connectivity index (χ3n) is 7.41. The van der Waals surface area contributed by atoms with Crippen LogP contribution in [0.1, 0.15) is 61.4 Å². The van der Waals surface area contributed by atoms with Gasteiger partial charge in [0.05, 0.1) is 17.8 Å². The maximum atomic E-state index is 13.0. The van der Waals surface area contributed by atoms with Crippen molar-refractivity contribution in [1.29, 1.82) is 5.26 Å². The second-order valence-electron chi connectivity index (χ2n) is 9.34. The lowest BCUT2D eigenvalue weighted by atomic mass is 9.86. The molecule has 1 saturated carbocycles. The van der Waals surface area contributed by atoms with Gasteiger partial charge in [-0.05, 0) is 69.1 Å². The van der Waals surface area contributed by atoms with Gasteiger partial charge in [-0.3, -0.25) is 4.79 Å². The number of amides is 1. The Morgan fingerprint density at radius 1 is 1.20 bits per heavy atom. The number of pyridine rings is 1. The summed E-state index contributed by atoms with van der Waals surface area (Å²) in [5, 5.41) is 17.4. The van der Waals surface area contributed by atoms with Gasteiger partial charge in [-0.25, -0.2) is 9.67 Å². The molecule has 2 bridgehead atoms. The molecule has 2 saturated heterocycles. The maximum Gasteiger partial charge on any atom is 0.223 e. The van der Waals surface area contributed by atoms with Gasteiger partial charge in [-0.1, -0.05) is 6.07 Å². The van der Waals surface area contributed by atoms with Crippen LogP contribution in [0.3, 0.4) is 0 Å². The molecule has 1 N–H and O–H groups in total. The molecule has 1 amide bonds. The molecule has 0 radical (unpaired) electrons. The van der Waals surface area contributed by atoms with Gasteiger partial charge in [0.25, 0.3) is 0 Å². The minimum atomic E-state index is -0.0180. The first-order valence-corrected chi connectivity index (χ1v) is 11.2. The fourth-order valence-corrected chi connectivity index (χ4v) is 5.62. The van der Waals surface area contributed by atoms with E-state index in [1.54, 1.807) is 0 Å². The second kappa shape index (κ2) is 6.83. The van der Waals surface area contributed by atoms with Gasteiger partial charge in [-0.2, -0.15) is 10.4 Å². The van der Waals surface area contributed by atoms with E-state index in [4.69, 9.17) is 10.1 Å². The van der Waals surface area contributed by atoms with Gasteiger partial charge in [-0.15, -0.1) is 0 Å². The predicted molar refractivity (Wildman–Crippen MR) is 110 cm³/mol. The molecule has 4 aliphatic rings. The van der Waals surface area contributed by atoms with Gasteiger partial charge in [0.1, 0.15) is 0 Å². The maximum absolute atomic E-state index is 13.0. The lowest BCUT2D eigenvalue weighted by Crippen LogP contribution is -2.46. The molecule has 0 spiro atoms. The largest absolute Gasteiger partial charge is 0.351 e. The van der Waals surface area contributed by atoms with Crippen LogP contribution in [0.2, 0.25) is 0 Å². The fourth-order valence-electron chi connectivity index (χ4n) is 5.62. The summed E-state index contributed by atoms with van der Waals surface area (Å²) in [7, 11) is 0. The first kappa shape index (κ1) is 17.9. The molecular formula is C23H26N6O. The first-order chi connectivity index (χ1) is 14.7. The number of nitriles is 1. The zero-order chi connectivity index (χ0) is 20.2. The van der Waals surface area contributed by atoms with Crippen molar-refractivity contribution < 1.29 is 4.79 Å². The third-order valence-corrected chi connectivity index (χ3v) is 7.41. The Bertz CT molecular complexity index is 1030. The van der Waals surface area contributed by atoms with E-state index < -0.39 is 0 Å². The van der Waals surface area contributed by atoms with Crippen LogP contribution in [-0.4, -0.2) is 43.7 Å². The van der Waals surface area contributed by atoms with E-state index >= 15 is 0 Å². The number of nitrogens with zero attached hydrogens (tertiary/aromatic N) is 5.